The molecule has 0 unspecified atom stereocenters. The number of benzene rings is 1. The SMILES string of the molecule is CC(C)(C)OC(=O)NCC#Cc1cccc(C(=O)c2cn(C3CCCC3)c3ncnc(N)c23)c1. The van der Waals surface area contributed by atoms with Gasteiger partial charge in [-0.1, -0.05) is 36.8 Å². The summed E-state index contributed by atoms with van der Waals surface area (Å²) < 4.78 is 7.27. The topological polar surface area (TPSA) is 112 Å². The number of ketones is 1. The van der Waals surface area contributed by atoms with Gasteiger partial charge in [0.25, 0.3) is 0 Å². The van der Waals surface area contributed by atoms with Crippen LogP contribution in [0, 0.1) is 11.8 Å². The van der Waals surface area contributed by atoms with Crippen molar-refractivity contribution in [2.45, 2.75) is 58.1 Å². The molecule has 0 radical (unpaired) electrons. The molecule has 0 aliphatic heterocycles. The van der Waals surface area contributed by atoms with E-state index < -0.39 is 11.7 Å². The predicted molar refractivity (Wildman–Crippen MR) is 130 cm³/mol. The molecule has 8 nitrogen and oxygen atoms in total. The Morgan fingerprint density at radius 2 is 2.00 bits per heavy atom. The van der Waals surface area contributed by atoms with Crippen molar-refractivity contribution in [3.63, 3.8) is 0 Å². The molecule has 1 aliphatic carbocycles. The van der Waals surface area contributed by atoms with Crippen LogP contribution in [-0.2, 0) is 4.74 Å². The highest BCUT2D eigenvalue weighted by atomic mass is 16.6. The molecule has 176 valence electrons. The minimum Gasteiger partial charge on any atom is -0.444 e. The third-order valence-electron chi connectivity index (χ3n) is 5.68. The highest BCUT2D eigenvalue weighted by molar-refractivity contribution is 6.18. The van der Waals surface area contributed by atoms with Gasteiger partial charge >= 0.3 is 6.09 Å². The monoisotopic (exact) mass is 459 g/mol. The second-order valence-electron chi connectivity index (χ2n) is 9.41. The van der Waals surface area contributed by atoms with Crippen LogP contribution in [0.3, 0.4) is 0 Å². The standard InChI is InChI=1S/C26H29N5O3/c1-26(2,3)34-25(33)28-13-7-9-17-8-6-10-18(14-17)22(32)20-15-31(19-11-4-5-12-19)24-21(20)23(27)29-16-30-24/h6,8,10,14-16,19H,4-5,11-13H2,1-3H3,(H,28,33)(H2,27,29,30). The van der Waals surface area contributed by atoms with E-state index in [2.05, 4.69) is 31.7 Å². The van der Waals surface area contributed by atoms with Gasteiger partial charge in [-0.25, -0.2) is 14.8 Å². The van der Waals surface area contributed by atoms with Crippen molar-refractivity contribution in [1.29, 1.82) is 0 Å². The number of aromatic nitrogens is 3. The fraction of sp³-hybridized carbons (Fsp3) is 0.385. The van der Waals surface area contributed by atoms with Gasteiger partial charge in [-0.05, 0) is 45.7 Å². The molecule has 0 saturated heterocycles. The van der Waals surface area contributed by atoms with E-state index in [1.807, 2.05) is 12.3 Å². The summed E-state index contributed by atoms with van der Waals surface area (Å²) in [4.78, 5) is 33.8. The molecule has 1 saturated carbocycles. The van der Waals surface area contributed by atoms with Crippen molar-refractivity contribution >= 4 is 28.7 Å². The highest BCUT2D eigenvalue weighted by Gasteiger charge is 2.25. The summed E-state index contributed by atoms with van der Waals surface area (Å²) in [5, 5.41) is 3.19. The van der Waals surface area contributed by atoms with Gasteiger partial charge in [0, 0.05) is 23.4 Å². The van der Waals surface area contributed by atoms with E-state index in [1.165, 1.54) is 6.33 Å². The van der Waals surface area contributed by atoms with Crippen LogP contribution in [-0.4, -0.2) is 38.6 Å². The molecule has 0 atom stereocenters. The molecule has 0 spiro atoms. The molecular formula is C26H29N5O3. The third-order valence-corrected chi connectivity index (χ3v) is 5.68. The maximum Gasteiger partial charge on any atom is 0.408 e. The number of fused-ring (bicyclic) bond motifs is 1. The minimum atomic E-state index is -0.568. The summed E-state index contributed by atoms with van der Waals surface area (Å²) in [6, 6.07) is 7.41. The second-order valence-corrected chi connectivity index (χ2v) is 9.41. The molecule has 3 N–H and O–H groups in total. The van der Waals surface area contributed by atoms with Crippen LogP contribution in [0.1, 0.15) is 74.0 Å². The molecule has 4 rings (SSSR count). The quantitative estimate of drug-likeness (QED) is 0.446. The number of carbonyl (C=O) groups is 2. The Morgan fingerprint density at radius 3 is 2.74 bits per heavy atom. The second kappa shape index (κ2) is 9.56. The number of rotatable bonds is 4. The lowest BCUT2D eigenvalue weighted by atomic mass is 10.0. The maximum atomic E-state index is 13.5. The van der Waals surface area contributed by atoms with Crippen LogP contribution >= 0.6 is 0 Å². The van der Waals surface area contributed by atoms with Crippen molar-refractivity contribution in [3.8, 4) is 11.8 Å². The predicted octanol–water partition coefficient (Wildman–Crippen LogP) is 4.24. The van der Waals surface area contributed by atoms with Crippen LogP contribution in [0.2, 0.25) is 0 Å². The number of ether oxygens (including phenoxy) is 1. The zero-order chi connectivity index (χ0) is 24.3. The smallest absolute Gasteiger partial charge is 0.408 e. The normalized spacial score (nSPS) is 14.0. The van der Waals surface area contributed by atoms with Gasteiger partial charge in [-0.15, -0.1) is 0 Å². The van der Waals surface area contributed by atoms with E-state index in [0.717, 1.165) is 25.7 Å². The summed E-state index contributed by atoms with van der Waals surface area (Å²) >= 11 is 0. The first-order valence-electron chi connectivity index (χ1n) is 11.4. The Balaban J connectivity index is 1.56. The Bertz CT molecular complexity index is 1290. The minimum absolute atomic E-state index is 0.135. The first-order chi connectivity index (χ1) is 16.2. The molecule has 8 heteroatoms. The summed E-state index contributed by atoms with van der Waals surface area (Å²) in [6.45, 7) is 5.53. The first kappa shape index (κ1) is 23.3. The van der Waals surface area contributed by atoms with Crippen LogP contribution < -0.4 is 11.1 Å². The van der Waals surface area contributed by atoms with Crippen molar-refractivity contribution < 1.29 is 14.3 Å². The van der Waals surface area contributed by atoms with E-state index in [9.17, 15) is 9.59 Å². The van der Waals surface area contributed by atoms with E-state index in [4.69, 9.17) is 10.5 Å². The van der Waals surface area contributed by atoms with Crippen molar-refractivity contribution in [1.82, 2.24) is 19.9 Å². The molecule has 0 bridgehead atoms. The molecule has 1 aromatic carbocycles. The van der Waals surface area contributed by atoms with Crippen molar-refractivity contribution in [2.24, 2.45) is 0 Å². The largest absolute Gasteiger partial charge is 0.444 e. The summed E-state index contributed by atoms with van der Waals surface area (Å²) in [7, 11) is 0. The number of nitrogens with zero attached hydrogens (tertiary/aromatic N) is 3. The molecule has 34 heavy (non-hydrogen) atoms. The van der Waals surface area contributed by atoms with Gasteiger partial charge in [-0.2, -0.15) is 0 Å². The van der Waals surface area contributed by atoms with Gasteiger partial charge in [0.15, 0.2) is 5.78 Å². The Hall–Kier alpha value is -3.86. The number of nitrogens with two attached hydrogens (primary N) is 1. The fourth-order valence-corrected chi connectivity index (χ4v) is 4.21. The molecule has 1 fully saturated rings. The lowest BCUT2D eigenvalue weighted by Gasteiger charge is -2.18. The van der Waals surface area contributed by atoms with Gasteiger partial charge in [0.2, 0.25) is 0 Å². The van der Waals surface area contributed by atoms with Crippen molar-refractivity contribution in [2.75, 3.05) is 12.3 Å². The zero-order valence-corrected chi connectivity index (χ0v) is 19.7. The number of anilines is 1. The molecule has 2 heterocycles. The van der Waals surface area contributed by atoms with Crippen molar-refractivity contribution in [3.05, 3.63) is 53.5 Å². The van der Waals surface area contributed by atoms with Gasteiger partial charge in [-0.3, -0.25) is 4.79 Å². The number of nitrogens with one attached hydrogen (secondary N) is 1. The maximum absolute atomic E-state index is 13.5. The zero-order valence-electron chi connectivity index (χ0n) is 19.7. The van der Waals surface area contributed by atoms with E-state index in [1.54, 1.807) is 39.0 Å². The van der Waals surface area contributed by atoms with E-state index in [0.29, 0.717) is 39.6 Å². The van der Waals surface area contributed by atoms with Crippen LogP contribution in [0.4, 0.5) is 10.6 Å². The average molecular weight is 460 g/mol. The lowest BCUT2D eigenvalue weighted by molar-refractivity contribution is 0.0535. The highest BCUT2D eigenvalue weighted by Crippen LogP contribution is 2.35. The van der Waals surface area contributed by atoms with Gasteiger partial charge < -0.3 is 20.4 Å². The molecule has 1 amide bonds. The Kier molecular flexibility index (Phi) is 6.55. The van der Waals surface area contributed by atoms with Crippen LogP contribution in [0.15, 0.2) is 36.8 Å². The fourth-order valence-electron chi connectivity index (χ4n) is 4.21. The number of amides is 1. The van der Waals surface area contributed by atoms with Gasteiger partial charge in [0.05, 0.1) is 17.5 Å². The number of hydrogen-bond acceptors (Lipinski definition) is 6. The summed E-state index contributed by atoms with van der Waals surface area (Å²) in [5.74, 6) is 6.01. The van der Waals surface area contributed by atoms with Crippen LogP contribution in [0.5, 0.6) is 0 Å². The third kappa shape index (κ3) is 5.20. The molecular weight excluding hydrogens is 430 g/mol. The first-order valence-corrected chi connectivity index (χ1v) is 11.4. The summed E-state index contributed by atoms with van der Waals surface area (Å²) in [6.07, 6.45) is 7.24. The number of hydrogen-bond donors (Lipinski definition) is 2. The Morgan fingerprint density at radius 1 is 1.24 bits per heavy atom. The Labute approximate surface area is 198 Å². The molecule has 1 aliphatic rings. The van der Waals surface area contributed by atoms with Gasteiger partial charge in [0.1, 0.15) is 23.4 Å². The van der Waals surface area contributed by atoms with E-state index in [-0.39, 0.29) is 12.3 Å². The number of carbonyl (C=O) groups excluding carboxylic acids is 2. The van der Waals surface area contributed by atoms with E-state index >= 15 is 0 Å². The lowest BCUT2D eigenvalue weighted by Crippen LogP contribution is -2.32. The van der Waals surface area contributed by atoms with Crippen LogP contribution in [0.25, 0.3) is 11.0 Å². The number of nitrogen functional groups attached to an aromatic ring is 1. The molecule has 2 aromatic heterocycles. The summed E-state index contributed by atoms with van der Waals surface area (Å²) in [5.41, 5.74) is 7.97. The number of alkyl carbamates (subject to hydrolysis) is 1. The average Bonchev–Trinajstić information content (AvgIpc) is 3.44. The molecule has 3 aromatic rings.